The Morgan fingerprint density at radius 1 is 1.06 bits per heavy atom. The summed E-state index contributed by atoms with van der Waals surface area (Å²) < 4.78 is 10.0. The van der Waals surface area contributed by atoms with Crippen molar-refractivity contribution in [2.24, 2.45) is 5.92 Å². The summed E-state index contributed by atoms with van der Waals surface area (Å²) in [5.74, 6) is -0.277. The smallest absolute Gasteiger partial charge is 0.306 e. The van der Waals surface area contributed by atoms with E-state index in [-0.39, 0.29) is 24.5 Å². The summed E-state index contributed by atoms with van der Waals surface area (Å²) in [6, 6.07) is 0. The fourth-order valence-corrected chi connectivity index (χ4v) is 0.990. The molecule has 0 aromatic heterocycles. The second kappa shape index (κ2) is 8.13. The van der Waals surface area contributed by atoms with Crippen LogP contribution in [0.2, 0.25) is 0 Å². The van der Waals surface area contributed by atoms with Gasteiger partial charge < -0.3 is 9.47 Å². The van der Waals surface area contributed by atoms with Crippen molar-refractivity contribution in [3.63, 3.8) is 0 Å². The highest BCUT2D eigenvalue weighted by molar-refractivity contribution is 5.70. The Morgan fingerprint density at radius 3 is 2.12 bits per heavy atom. The van der Waals surface area contributed by atoms with E-state index in [0.717, 1.165) is 0 Å². The molecule has 0 amide bonds. The Kier molecular flexibility index (Phi) is 7.60. The van der Waals surface area contributed by atoms with E-state index in [1.807, 2.05) is 20.8 Å². The minimum Gasteiger partial charge on any atom is -0.461 e. The molecule has 0 unspecified atom stereocenters. The van der Waals surface area contributed by atoms with E-state index in [9.17, 15) is 9.59 Å². The van der Waals surface area contributed by atoms with Gasteiger partial charge in [-0.05, 0) is 12.3 Å². The number of hydrogen-bond acceptors (Lipinski definition) is 4. The zero-order chi connectivity index (χ0) is 12.6. The minimum absolute atomic E-state index is 0.0772. The third-order valence-corrected chi connectivity index (χ3v) is 1.91. The zero-order valence-corrected chi connectivity index (χ0v) is 10.5. The molecule has 0 aliphatic heterocycles. The standard InChI is InChI=1S/C12H21O4/c1-5-10(16-11(13)6-2)8-15-12(14)7-9(3)4/h9H,5-8H2,1-4H3. The zero-order valence-electron chi connectivity index (χ0n) is 10.5. The maximum Gasteiger partial charge on any atom is 0.306 e. The quantitative estimate of drug-likeness (QED) is 0.629. The molecule has 0 atom stereocenters. The predicted octanol–water partition coefficient (Wildman–Crippen LogP) is 2.47. The number of ether oxygens (including phenoxy) is 2. The minimum atomic E-state index is -0.295. The Bertz CT molecular complexity index is 223. The van der Waals surface area contributed by atoms with Gasteiger partial charge in [0.25, 0.3) is 0 Å². The van der Waals surface area contributed by atoms with Crippen molar-refractivity contribution in [1.29, 1.82) is 0 Å². The van der Waals surface area contributed by atoms with Crippen LogP contribution in [0.3, 0.4) is 0 Å². The van der Waals surface area contributed by atoms with E-state index < -0.39 is 0 Å². The third-order valence-electron chi connectivity index (χ3n) is 1.91. The summed E-state index contributed by atoms with van der Waals surface area (Å²) in [5, 5.41) is 0. The molecule has 0 bridgehead atoms. The monoisotopic (exact) mass is 229 g/mol. The Balaban J connectivity index is 3.86. The number of esters is 2. The first-order chi connectivity index (χ1) is 7.49. The lowest BCUT2D eigenvalue weighted by Gasteiger charge is -2.14. The molecule has 0 aliphatic rings. The van der Waals surface area contributed by atoms with Gasteiger partial charge in [-0.25, -0.2) is 0 Å². The highest BCUT2D eigenvalue weighted by Crippen LogP contribution is 2.11. The summed E-state index contributed by atoms with van der Waals surface area (Å²) in [5.41, 5.74) is 0. The highest BCUT2D eigenvalue weighted by atomic mass is 16.6. The molecule has 0 spiro atoms. The molecule has 0 N–H and O–H groups in total. The molecule has 4 nitrogen and oxygen atoms in total. The summed E-state index contributed by atoms with van der Waals surface area (Å²) in [6.45, 7) is 7.55. The van der Waals surface area contributed by atoms with Crippen molar-refractivity contribution in [2.45, 2.75) is 47.0 Å². The van der Waals surface area contributed by atoms with E-state index in [0.29, 0.717) is 25.4 Å². The van der Waals surface area contributed by atoms with Gasteiger partial charge in [0.1, 0.15) is 6.61 Å². The first-order valence-corrected chi connectivity index (χ1v) is 5.70. The average molecular weight is 229 g/mol. The second-order valence-corrected chi connectivity index (χ2v) is 3.98. The van der Waals surface area contributed by atoms with Gasteiger partial charge in [0.05, 0.1) is 0 Å². The van der Waals surface area contributed by atoms with Crippen LogP contribution >= 0.6 is 0 Å². The molecule has 0 heterocycles. The predicted molar refractivity (Wildman–Crippen MR) is 60.3 cm³/mol. The van der Waals surface area contributed by atoms with Crippen LogP contribution in [0.1, 0.15) is 47.0 Å². The fourth-order valence-electron chi connectivity index (χ4n) is 0.990. The molecular weight excluding hydrogens is 208 g/mol. The van der Waals surface area contributed by atoms with Crippen molar-refractivity contribution >= 4 is 11.9 Å². The molecule has 0 fully saturated rings. The summed E-state index contributed by atoms with van der Waals surface area (Å²) in [7, 11) is 0. The topological polar surface area (TPSA) is 52.6 Å². The maximum absolute atomic E-state index is 11.3. The third kappa shape index (κ3) is 7.26. The average Bonchev–Trinajstić information content (AvgIpc) is 2.22. The van der Waals surface area contributed by atoms with Gasteiger partial charge in [-0.1, -0.05) is 27.7 Å². The second-order valence-electron chi connectivity index (χ2n) is 3.98. The Labute approximate surface area is 97.3 Å². The first-order valence-electron chi connectivity index (χ1n) is 5.70. The van der Waals surface area contributed by atoms with Gasteiger partial charge in [-0.15, -0.1) is 0 Å². The fraction of sp³-hybridized carbons (Fsp3) is 0.750. The lowest BCUT2D eigenvalue weighted by Crippen LogP contribution is -2.18. The molecule has 16 heavy (non-hydrogen) atoms. The van der Waals surface area contributed by atoms with Gasteiger partial charge in [0.15, 0.2) is 6.10 Å². The SMILES string of the molecule is CC[C](COC(=O)CC(C)C)OC(=O)CC. The van der Waals surface area contributed by atoms with Crippen LogP contribution < -0.4 is 0 Å². The molecule has 1 radical (unpaired) electrons. The van der Waals surface area contributed by atoms with Gasteiger partial charge in [-0.3, -0.25) is 9.59 Å². The lowest BCUT2D eigenvalue weighted by molar-refractivity contribution is -0.152. The molecule has 0 aliphatic carbocycles. The molecule has 0 rings (SSSR count). The number of rotatable bonds is 7. The molecule has 93 valence electrons. The van der Waals surface area contributed by atoms with E-state index in [4.69, 9.17) is 9.47 Å². The van der Waals surface area contributed by atoms with E-state index >= 15 is 0 Å². The van der Waals surface area contributed by atoms with Crippen molar-refractivity contribution in [3.05, 3.63) is 6.10 Å². The van der Waals surface area contributed by atoms with Crippen LogP contribution in [-0.4, -0.2) is 18.5 Å². The van der Waals surface area contributed by atoms with Crippen LogP contribution in [0.4, 0.5) is 0 Å². The summed E-state index contributed by atoms with van der Waals surface area (Å²) >= 11 is 0. The van der Waals surface area contributed by atoms with E-state index in [1.165, 1.54) is 0 Å². The summed E-state index contributed by atoms with van der Waals surface area (Å²) in [4.78, 5) is 22.3. The molecule has 4 heteroatoms. The molecule has 0 aromatic carbocycles. The summed E-state index contributed by atoms with van der Waals surface area (Å²) in [6.07, 6.45) is 1.78. The van der Waals surface area contributed by atoms with E-state index in [1.54, 1.807) is 6.92 Å². The maximum atomic E-state index is 11.3. The van der Waals surface area contributed by atoms with Crippen molar-refractivity contribution < 1.29 is 19.1 Å². The van der Waals surface area contributed by atoms with Gasteiger partial charge >= 0.3 is 11.9 Å². The Morgan fingerprint density at radius 2 is 1.69 bits per heavy atom. The van der Waals surface area contributed by atoms with Crippen LogP contribution in [0.5, 0.6) is 0 Å². The molecule has 0 saturated heterocycles. The highest BCUT2D eigenvalue weighted by Gasteiger charge is 2.16. The lowest BCUT2D eigenvalue weighted by atomic mass is 10.1. The molecular formula is C12H21O4. The Hall–Kier alpha value is -1.06. The van der Waals surface area contributed by atoms with Gasteiger partial charge in [-0.2, -0.15) is 0 Å². The number of carbonyl (C=O) groups is 2. The van der Waals surface area contributed by atoms with Crippen molar-refractivity contribution in [2.75, 3.05) is 6.61 Å². The van der Waals surface area contributed by atoms with Crippen LogP contribution in [0.15, 0.2) is 0 Å². The normalized spacial score (nSPS) is 10.6. The van der Waals surface area contributed by atoms with Crippen LogP contribution in [0, 0.1) is 12.0 Å². The van der Waals surface area contributed by atoms with Crippen molar-refractivity contribution in [1.82, 2.24) is 0 Å². The first kappa shape index (κ1) is 14.9. The molecule has 0 saturated carbocycles. The van der Waals surface area contributed by atoms with Gasteiger partial charge in [0.2, 0.25) is 0 Å². The largest absolute Gasteiger partial charge is 0.461 e. The van der Waals surface area contributed by atoms with E-state index in [2.05, 4.69) is 0 Å². The van der Waals surface area contributed by atoms with Crippen LogP contribution in [-0.2, 0) is 19.1 Å². The van der Waals surface area contributed by atoms with Crippen LogP contribution in [0.25, 0.3) is 0 Å². The number of hydrogen-bond donors (Lipinski definition) is 0. The number of carbonyl (C=O) groups excluding carboxylic acids is 2. The van der Waals surface area contributed by atoms with Gasteiger partial charge in [0, 0.05) is 12.8 Å². The molecule has 0 aromatic rings. The van der Waals surface area contributed by atoms with Crippen molar-refractivity contribution in [3.8, 4) is 0 Å².